The molecule has 0 spiro atoms. The summed E-state index contributed by atoms with van der Waals surface area (Å²) in [5.74, 6) is 3.71. The Balaban J connectivity index is 1.16. The van der Waals surface area contributed by atoms with Gasteiger partial charge in [-0.2, -0.15) is 0 Å². The minimum atomic E-state index is 0.606. The molecule has 7 nitrogen and oxygen atoms in total. The van der Waals surface area contributed by atoms with Crippen LogP contribution in [0.5, 0.6) is 0 Å². The zero-order valence-corrected chi connectivity index (χ0v) is 31.5. The fourth-order valence-electron chi connectivity index (χ4n) is 8.48. The summed E-state index contributed by atoms with van der Waals surface area (Å²) < 4.78 is 2.42. The summed E-state index contributed by atoms with van der Waals surface area (Å²) in [6.07, 6.45) is 0. The van der Waals surface area contributed by atoms with Crippen LogP contribution in [0.4, 0.5) is 0 Å². The van der Waals surface area contributed by atoms with Gasteiger partial charge in [0.15, 0.2) is 34.9 Å². The summed E-state index contributed by atoms with van der Waals surface area (Å²) >= 11 is 0. The highest BCUT2D eigenvalue weighted by Gasteiger charge is 2.22. The van der Waals surface area contributed by atoms with Gasteiger partial charge >= 0.3 is 0 Å². The Morgan fingerprint density at radius 1 is 0.271 bits per heavy atom. The van der Waals surface area contributed by atoms with Crippen molar-refractivity contribution in [2.45, 2.75) is 0 Å². The Morgan fingerprint density at radius 3 is 1.17 bits per heavy atom. The maximum Gasteiger partial charge on any atom is 0.164 e. The molecule has 0 bridgehead atoms. The molecule has 0 saturated heterocycles. The molecule has 0 amide bonds. The predicted octanol–water partition coefficient (Wildman–Crippen LogP) is 12.4. The second kappa shape index (κ2) is 13.2. The van der Waals surface area contributed by atoms with Gasteiger partial charge in [-0.15, -0.1) is 0 Å². The van der Waals surface area contributed by atoms with Crippen LogP contribution in [0.15, 0.2) is 188 Å². The van der Waals surface area contributed by atoms with Crippen LogP contribution in [0.3, 0.4) is 0 Å². The minimum Gasteiger partial charge on any atom is -0.308 e. The van der Waals surface area contributed by atoms with E-state index in [9.17, 15) is 0 Å². The molecule has 12 aromatic rings. The molecule has 0 radical (unpaired) electrons. The lowest BCUT2D eigenvalue weighted by Crippen LogP contribution is -2.00. The molecule has 0 aliphatic carbocycles. The van der Waals surface area contributed by atoms with Gasteiger partial charge in [0, 0.05) is 54.9 Å². The monoisotopic (exact) mass is 753 g/mol. The van der Waals surface area contributed by atoms with E-state index in [2.05, 4.69) is 71.1 Å². The third kappa shape index (κ3) is 5.44. The third-order valence-corrected chi connectivity index (χ3v) is 11.2. The average molecular weight is 754 g/mol. The molecule has 0 fully saturated rings. The number of rotatable bonds is 6. The van der Waals surface area contributed by atoms with E-state index in [1.165, 1.54) is 16.2 Å². The Hall–Kier alpha value is -8.16. The molecule has 0 aliphatic heterocycles. The van der Waals surface area contributed by atoms with Crippen LogP contribution in [0.2, 0.25) is 0 Å². The van der Waals surface area contributed by atoms with Crippen LogP contribution in [0.1, 0.15) is 0 Å². The first-order valence-electron chi connectivity index (χ1n) is 19.6. The molecule has 8 aromatic carbocycles. The van der Waals surface area contributed by atoms with E-state index < -0.39 is 0 Å². The maximum absolute atomic E-state index is 5.17. The highest BCUT2D eigenvalue weighted by Crippen LogP contribution is 2.43. The number of benzene rings is 8. The zero-order valence-electron chi connectivity index (χ0n) is 31.5. The number of pyridine rings is 1. The number of aromatic nitrogens is 7. The van der Waals surface area contributed by atoms with Gasteiger partial charge in [-0.3, -0.25) is 0 Å². The number of nitrogens with zero attached hydrogens (tertiary/aromatic N) is 7. The molecule has 7 heteroatoms. The Morgan fingerprint density at radius 2 is 0.678 bits per heavy atom. The molecule has 0 N–H and O–H groups in total. The van der Waals surface area contributed by atoms with Crippen molar-refractivity contribution in [3.05, 3.63) is 188 Å². The lowest BCUT2D eigenvalue weighted by atomic mass is 9.97. The van der Waals surface area contributed by atoms with Crippen molar-refractivity contribution in [1.82, 2.24) is 34.3 Å². The summed E-state index contributed by atoms with van der Waals surface area (Å²) in [5, 5.41) is 6.87. The van der Waals surface area contributed by atoms with Gasteiger partial charge in [0.1, 0.15) is 0 Å². The van der Waals surface area contributed by atoms with Gasteiger partial charge in [-0.1, -0.05) is 152 Å². The highest BCUT2D eigenvalue weighted by atomic mass is 15.0. The van der Waals surface area contributed by atoms with E-state index in [0.29, 0.717) is 34.9 Å². The van der Waals surface area contributed by atoms with E-state index in [-0.39, 0.29) is 0 Å². The SMILES string of the molecule is c1ccc(-c2nc(-c3ccccc3)nc(-c3ccc4c(c3)c3cc(-c5nc(-c6ccccc6)nc(-c6ccccc6)n5)cc5c6cccc7cccc(c76)n4c53)n2)cc1. The van der Waals surface area contributed by atoms with Crippen molar-refractivity contribution >= 4 is 48.9 Å². The second-order valence-electron chi connectivity index (χ2n) is 14.7. The Bertz CT molecular complexity index is 3410. The first-order chi connectivity index (χ1) is 29.2. The number of hydrogen-bond acceptors (Lipinski definition) is 6. The summed E-state index contributed by atoms with van der Waals surface area (Å²) in [6.45, 7) is 0. The van der Waals surface area contributed by atoms with Crippen LogP contribution in [0.25, 0.3) is 117 Å². The van der Waals surface area contributed by atoms with E-state index in [0.717, 1.165) is 66.1 Å². The highest BCUT2D eigenvalue weighted by molar-refractivity contribution is 6.27. The van der Waals surface area contributed by atoms with Crippen molar-refractivity contribution in [3.8, 4) is 68.3 Å². The molecule has 0 unspecified atom stereocenters. The summed E-state index contributed by atoms with van der Waals surface area (Å²) in [5.41, 5.74) is 8.90. The molecule has 0 aliphatic rings. The van der Waals surface area contributed by atoms with Crippen LogP contribution >= 0.6 is 0 Å². The van der Waals surface area contributed by atoms with Crippen LogP contribution in [-0.4, -0.2) is 34.3 Å². The largest absolute Gasteiger partial charge is 0.308 e. The molecule has 4 aromatic heterocycles. The molecular weight excluding hydrogens is 723 g/mol. The van der Waals surface area contributed by atoms with Crippen LogP contribution in [0, 0.1) is 0 Å². The Kier molecular flexibility index (Phi) is 7.40. The van der Waals surface area contributed by atoms with Gasteiger partial charge in [-0.25, -0.2) is 29.9 Å². The zero-order chi connectivity index (χ0) is 38.9. The van der Waals surface area contributed by atoms with Crippen molar-refractivity contribution in [1.29, 1.82) is 0 Å². The second-order valence-corrected chi connectivity index (χ2v) is 14.7. The molecular formula is C52H31N7. The summed E-state index contributed by atoms with van der Waals surface area (Å²) in [4.78, 5) is 30.5. The minimum absolute atomic E-state index is 0.606. The maximum atomic E-state index is 5.17. The van der Waals surface area contributed by atoms with Crippen LogP contribution < -0.4 is 0 Å². The standard InChI is InChI=1S/C52H31N7/c1-5-15-33(16-6-1)47-53-48(34-17-7-2-8-18-34)56-51(55-47)37-27-28-43-40(29-37)42-31-38(30-41-39-25-13-23-32-24-14-26-44(45(32)39)59(43)46(41)42)52-57-49(35-19-9-3-10-20-35)54-50(58-52)36-21-11-4-12-22-36/h1-31H. The summed E-state index contributed by atoms with van der Waals surface area (Å²) in [6, 6.07) is 64.6. The molecule has 59 heavy (non-hydrogen) atoms. The van der Waals surface area contributed by atoms with Crippen molar-refractivity contribution in [3.63, 3.8) is 0 Å². The van der Waals surface area contributed by atoms with Crippen molar-refractivity contribution in [2.75, 3.05) is 0 Å². The smallest absolute Gasteiger partial charge is 0.164 e. The molecule has 12 rings (SSSR count). The lowest BCUT2D eigenvalue weighted by molar-refractivity contribution is 1.07. The molecule has 4 heterocycles. The molecule has 274 valence electrons. The molecule has 0 atom stereocenters. The van der Waals surface area contributed by atoms with E-state index >= 15 is 0 Å². The number of hydrogen-bond donors (Lipinski definition) is 0. The van der Waals surface area contributed by atoms with E-state index in [1.54, 1.807) is 0 Å². The van der Waals surface area contributed by atoms with Gasteiger partial charge in [0.2, 0.25) is 0 Å². The first kappa shape index (κ1) is 33.0. The van der Waals surface area contributed by atoms with Crippen molar-refractivity contribution < 1.29 is 0 Å². The fourth-order valence-corrected chi connectivity index (χ4v) is 8.48. The first-order valence-corrected chi connectivity index (χ1v) is 19.6. The van der Waals surface area contributed by atoms with E-state index in [4.69, 9.17) is 29.9 Å². The summed E-state index contributed by atoms with van der Waals surface area (Å²) in [7, 11) is 0. The third-order valence-electron chi connectivity index (χ3n) is 11.2. The quantitative estimate of drug-likeness (QED) is 0.124. The van der Waals surface area contributed by atoms with Gasteiger partial charge < -0.3 is 4.40 Å². The lowest BCUT2D eigenvalue weighted by Gasteiger charge is -2.14. The normalized spacial score (nSPS) is 11.7. The average Bonchev–Trinajstić information content (AvgIpc) is 3.65. The van der Waals surface area contributed by atoms with Crippen molar-refractivity contribution in [2.24, 2.45) is 0 Å². The van der Waals surface area contributed by atoms with Gasteiger partial charge in [0.05, 0.1) is 16.6 Å². The Labute approximate surface area is 338 Å². The fraction of sp³-hybridized carbons (Fsp3) is 0. The van der Waals surface area contributed by atoms with E-state index in [1.807, 2.05) is 121 Å². The number of fused-ring (bicyclic) bond motifs is 5. The van der Waals surface area contributed by atoms with Gasteiger partial charge in [-0.05, 0) is 47.2 Å². The molecule has 0 saturated carbocycles. The topological polar surface area (TPSA) is 81.8 Å². The van der Waals surface area contributed by atoms with Crippen LogP contribution in [-0.2, 0) is 0 Å². The predicted molar refractivity (Wildman–Crippen MR) is 238 cm³/mol. The van der Waals surface area contributed by atoms with Gasteiger partial charge in [0.25, 0.3) is 0 Å².